The molecule has 0 fully saturated rings. The quantitative estimate of drug-likeness (QED) is 0.379. The number of hydrogen-bond donors (Lipinski definition) is 0. The second kappa shape index (κ2) is 5.85. The molecule has 0 spiro atoms. The summed E-state index contributed by atoms with van der Waals surface area (Å²) in [5.41, 5.74) is 8.45. The minimum absolute atomic E-state index is 1.13. The second-order valence-electron chi connectivity index (χ2n) is 6.63. The van der Waals surface area contributed by atoms with E-state index in [0.29, 0.717) is 0 Å². The van der Waals surface area contributed by atoms with Crippen molar-refractivity contribution in [3.8, 4) is 22.3 Å². The van der Waals surface area contributed by atoms with Crippen molar-refractivity contribution >= 4 is 16.4 Å². The Labute approximate surface area is 152 Å². The number of hydrogen-bond acceptors (Lipinski definition) is 1. The van der Waals surface area contributed by atoms with Crippen molar-refractivity contribution in [3.63, 3.8) is 0 Å². The minimum Gasteiger partial charge on any atom is -0.232 e. The van der Waals surface area contributed by atoms with Crippen molar-refractivity contribution in [1.82, 2.24) is 9.61 Å². The van der Waals surface area contributed by atoms with Crippen LogP contribution in [0.4, 0.5) is 0 Å². The fourth-order valence-corrected chi connectivity index (χ4v) is 3.78. The van der Waals surface area contributed by atoms with Crippen LogP contribution in [0.5, 0.6) is 0 Å². The first-order valence-corrected chi connectivity index (χ1v) is 8.84. The van der Waals surface area contributed by atoms with E-state index in [9.17, 15) is 0 Å². The summed E-state index contributed by atoms with van der Waals surface area (Å²) in [7, 11) is 0. The molecule has 0 aliphatic carbocycles. The molecule has 0 amide bonds. The average molecular weight is 334 g/mol. The highest BCUT2D eigenvalue weighted by Gasteiger charge is 2.18. The summed E-state index contributed by atoms with van der Waals surface area (Å²) in [6.45, 7) is 2.14. The van der Waals surface area contributed by atoms with Gasteiger partial charge in [0, 0.05) is 16.5 Å². The Bertz CT molecular complexity index is 1220. The van der Waals surface area contributed by atoms with E-state index in [4.69, 9.17) is 0 Å². The topological polar surface area (TPSA) is 17.3 Å². The lowest BCUT2D eigenvalue weighted by Crippen LogP contribution is -1.97. The zero-order valence-corrected chi connectivity index (χ0v) is 14.6. The number of rotatable bonds is 2. The standard InChI is InChI=1S/C24H18N2/c1-17-12-13-21-20(16-17)23(18-8-4-2-5-9-18)24(19-10-6-3-7-11-19)22-14-15-25-26(21)22/h2-16H,1H3. The summed E-state index contributed by atoms with van der Waals surface area (Å²) in [4.78, 5) is 0. The van der Waals surface area contributed by atoms with Crippen LogP contribution in [0.15, 0.2) is 91.1 Å². The molecular formula is C24H18N2. The van der Waals surface area contributed by atoms with Gasteiger partial charge in [-0.1, -0.05) is 72.3 Å². The molecular weight excluding hydrogens is 316 g/mol. The fraction of sp³-hybridized carbons (Fsp3) is 0.0417. The maximum absolute atomic E-state index is 4.61. The molecule has 0 radical (unpaired) electrons. The molecule has 0 saturated heterocycles. The molecule has 26 heavy (non-hydrogen) atoms. The number of benzene rings is 3. The van der Waals surface area contributed by atoms with E-state index < -0.39 is 0 Å². The number of nitrogens with zero attached hydrogens (tertiary/aromatic N) is 2. The summed E-state index contributed by atoms with van der Waals surface area (Å²) in [5.74, 6) is 0. The van der Waals surface area contributed by atoms with Crippen LogP contribution in [0.3, 0.4) is 0 Å². The van der Waals surface area contributed by atoms with Gasteiger partial charge in [-0.05, 0) is 36.2 Å². The van der Waals surface area contributed by atoms with Gasteiger partial charge in [0.25, 0.3) is 0 Å². The molecule has 0 aliphatic heterocycles. The third kappa shape index (κ3) is 2.23. The van der Waals surface area contributed by atoms with Crippen LogP contribution in [0.2, 0.25) is 0 Å². The second-order valence-corrected chi connectivity index (χ2v) is 6.63. The molecule has 0 bridgehead atoms. The van der Waals surface area contributed by atoms with Crippen LogP contribution >= 0.6 is 0 Å². The zero-order chi connectivity index (χ0) is 17.5. The molecule has 2 heterocycles. The molecule has 5 rings (SSSR count). The molecule has 2 heteroatoms. The number of fused-ring (bicyclic) bond motifs is 3. The van der Waals surface area contributed by atoms with E-state index >= 15 is 0 Å². The van der Waals surface area contributed by atoms with E-state index in [1.165, 1.54) is 33.2 Å². The Kier molecular flexibility index (Phi) is 3.36. The van der Waals surface area contributed by atoms with Crippen LogP contribution in [0.1, 0.15) is 5.56 Å². The number of pyridine rings is 1. The summed E-state index contributed by atoms with van der Waals surface area (Å²) < 4.78 is 2.06. The molecule has 3 aromatic carbocycles. The predicted molar refractivity (Wildman–Crippen MR) is 108 cm³/mol. The zero-order valence-electron chi connectivity index (χ0n) is 14.6. The monoisotopic (exact) mass is 334 g/mol. The first-order valence-electron chi connectivity index (χ1n) is 8.84. The van der Waals surface area contributed by atoms with Crippen LogP contribution in [0.25, 0.3) is 38.7 Å². The molecule has 0 atom stereocenters. The van der Waals surface area contributed by atoms with E-state index in [-0.39, 0.29) is 0 Å². The van der Waals surface area contributed by atoms with Gasteiger partial charge in [0.2, 0.25) is 0 Å². The van der Waals surface area contributed by atoms with E-state index in [2.05, 4.69) is 101 Å². The van der Waals surface area contributed by atoms with Crippen LogP contribution in [0, 0.1) is 6.92 Å². The normalized spacial score (nSPS) is 11.3. The SMILES string of the molecule is Cc1ccc2c(c1)c(-c1ccccc1)c(-c1ccccc1)c1ccnn12. The van der Waals surface area contributed by atoms with Gasteiger partial charge in [-0.15, -0.1) is 0 Å². The summed E-state index contributed by atoms with van der Waals surface area (Å²) in [5, 5.41) is 5.84. The van der Waals surface area contributed by atoms with Crippen LogP contribution in [-0.2, 0) is 0 Å². The van der Waals surface area contributed by atoms with Crippen molar-refractivity contribution in [2.45, 2.75) is 6.92 Å². The third-order valence-corrected chi connectivity index (χ3v) is 4.92. The lowest BCUT2D eigenvalue weighted by molar-refractivity contribution is 1.00. The Balaban J connectivity index is 2.05. The van der Waals surface area contributed by atoms with Crippen LogP contribution < -0.4 is 0 Å². The number of aryl methyl sites for hydroxylation is 1. The molecule has 0 unspecified atom stereocenters. The molecule has 2 aromatic heterocycles. The van der Waals surface area contributed by atoms with Crippen molar-refractivity contribution in [2.24, 2.45) is 0 Å². The Hall–Kier alpha value is -3.39. The van der Waals surface area contributed by atoms with Gasteiger partial charge in [-0.2, -0.15) is 5.10 Å². The van der Waals surface area contributed by atoms with Gasteiger partial charge in [0.05, 0.1) is 17.2 Å². The first-order chi connectivity index (χ1) is 12.8. The Morgan fingerprint density at radius 3 is 2.00 bits per heavy atom. The maximum Gasteiger partial charge on any atom is 0.0753 e. The highest BCUT2D eigenvalue weighted by atomic mass is 15.2. The van der Waals surface area contributed by atoms with E-state index in [1.807, 2.05) is 6.20 Å². The van der Waals surface area contributed by atoms with Crippen molar-refractivity contribution in [2.75, 3.05) is 0 Å². The predicted octanol–water partition coefficient (Wildman–Crippen LogP) is 6.13. The molecule has 5 aromatic rings. The van der Waals surface area contributed by atoms with Gasteiger partial charge < -0.3 is 0 Å². The molecule has 2 nitrogen and oxygen atoms in total. The molecule has 124 valence electrons. The summed E-state index contributed by atoms with van der Waals surface area (Å²) in [6, 6.07) is 30.0. The summed E-state index contributed by atoms with van der Waals surface area (Å²) in [6.07, 6.45) is 1.88. The molecule has 0 saturated carbocycles. The number of aromatic nitrogens is 2. The highest BCUT2D eigenvalue weighted by Crippen LogP contribution is 2.41. The Morgan fingerprint density at radius 1 is 0.654 bits per heavy atom. The largest absolute Gasteiger partial charge is 0.232 e. The lowest BCUT2D eigenvalue weighted by atomic mass is 9.90. The van der Waals surface area contributed by atoms with Gasteiger partial charge >= 0.3 is 0 Å². The maximum atomic E-state index is 4.61. The van der Waals surface area contributed by atoms with Gasteiger partial charge in [-0.25, -0.2) is 4.52 Å². The third-order valence-electron chi connectivity index (χ3n) is 4.92. The van der Waals surface area contributed by atoms with Crippen LogP contribution in [-0.4, -0.2) is 9.61 Å². The minimum atomic E-state index is 1.13. The van der Waals surface area contributed by atoms with E-state index in [0.717, 1.165) is 11.0 Å². The van der Waals surface area contributed by atoms with Gasteiger partial charge in [0.1, 0.15) is 0 Å². The first kappa shape index (κ1) is 14.9. The van der Waals surface area contributed by atoms with Crippen molar-refractivity contribution in [3.05, 3.63) is 96.7 Å². The lowest BCUT2D eigenvalue weighted by Gasteiger charge is -2.17. The summed E-state index contributed by atoms with van der Waals surface area (Å²) >= 11 is 0. The average Bonchev–Trinajstić information content (AvgIpc) is 3.17. The van der Waals surface area contributed by atoms with Gasteiger partial charge in [0.15, 0.2) is 0 Å². The fourth-order valence-electron chi connectivity index (χ4n) is 3.78. The van der Waals surface area contributed by atoms with Crippen molar-refractivity contribution < 1.29 is 0 Å². The molecule has 0 N–H and O–H groups in total. The Morgan fingerprint density at radius 2 is 1.31 bits per heavy atom. The highest BCUT2D eigenvalue weighted by molar-refractivity contribution is 6.08. The van der Waals surface area contributed by atoms with Crippen molar-refractivity contribution in [1.29, 1.82) is 0 Å². The van der Waals surface area contributed by atoms with Gasteiger partial charge in [-0.3, -0.25) is 0 Å². The van der Waals surface area contributed by atoms with E-state index in [1.54, 1.807) is 0 Å². The molecule has 0 aliphatic rings. The smallest absolute Gasteiger partial charge is 0.0753 e.